The van der Waals surface area contributed by atoms with Gasteiger partial charge in [0.1, 0.15) is 6.04 Å². The minimum Gasteiger partial charge on any atom is -0.480 e. The van der Waals surface area contributed by atoms with Crippen molar-refractivity contribution in [2.24, 2.45) is 0 Å². The maximum atomic E-state index is 11.4. The third-order valence-electron chi connectivity index (χ3n) is 3.39. The Kier molecular flexibility index (Phi) is 4.40. The van der Waals surface area contributed by atoms with Crippen molar-refractivity contribution in [1.82, 2.24) is 4.90 Å². The highest BCUT2D eigenvalue weighted by molar-refractivity contribution is 5.83. The normalized spacial score (nSPS) is 20.1. The zero-order valence-electron chi connectivity index (χ0n) is 11.3. The molecule has 1 aromatic carbocycles. The molecule has 2 rings (SSSR count). The second-order valence-electron chi connectivity index (χ2n) is 4.67. The van der Waals surface area contributed by atoms with Crippen molar-refractivity contribution >= 4 is 11.9 Å². The Bertz CT molecular complexity index is 524. The summed E-state index contributed by atoms with van der Waals surface area (Å²) >= 11 is 0. The summed E-state index contributed by atoms with van der Waals surface area (Å²) < 4.78 is 4.62. The van der Waals surface area contributed by atoms with Crippen LogP contribution in [-0.4, -0.2) is 35.1 Å². The molecule has 1 saturated heterocycles. The Labute approximate surface area is 117 Å². The summed E-state index contributed by atoms with van der Waals surface area (Å²) in [6.45, 7) is 0.473. The quantitative estimate of drug-likeness (QED) is 0.670. The molecule has 0 radical (unpaired) electrons. The highest BCUT2D eigenvalue weighted by Crippen LogP contribution is 2.29. The second kappa shape index (κ2) is 6.23. The van der Waals surface area contributed by atoms with Crippen LogP contribution in [0.1, 0.15) is 18.4 Å². The van der Waals surface area contributed by atoms with Crippen LogP contribution in [0.25, 0.3) is 0 Å². The van der Waals surface area contributed by atoms with Gasteiger partial charge in [-0.1, -0.05) is 30.3 Å². The first-order chi connectivity index (χ1) is 9.61. The van der Waals surface area contributed by atoms with E-state index < -0.39 is 18.0 Å². The van der Waals surface area contributed by atoms with E-state index in [1.807, 2.05) is 30.3 Å². The molecule has 1 fully saturated rings. The fourth-order valence-electron chi connectivity index (χ4n) is 2.38. The van der Waals surface area contributed by atoms with Gasteiger partial charge in [0, 0.05) is 18.3 Å². The van der Waals surface area contributed by atoms with Crippen LogP contribution in [0.15, 0.2) is 42.1 Å². The van der Waals surface area contributed by atoms with E-state index >= 15 is 0 Å². The lowest BCUT2D eigenvalue weighted by Gasteiger charge is -2.25. The number of aliphatic carboxylic acids is 1. The van der Waals surface area contributed by atoms with Gasteiger partial charge in [0.2, 0.25) is 0 Å². The Morgan fingerprint density at radius 1 is 1.40 bits per heavy atom. The molecule has 1 aromatic rings. The van der Waals surface area contributed by atoms with Crippen LogP contribution in [0.5, 0.6) is 0 Å². The first kappa shape index (κ1) is 14.1. The van der Waals surface area contributed by atoms with Crippen molar-refractivity contribution < 1.29 is 19.4 Å². The number of carboxylic acid groups (broad SMARTS) is 1. The van der Waals surface area contributed by atoms with Gasteiger partial charge in [0.25, 0.3) is 0 Å². The van der Waals surface area contributed by atoms with Crippen molar-refractivity contribution in [2.45, 2.75) is 25.4 Å². The Morgan fingerprint density at radius 3 is 2.70 bits per heavy atom. The first-order valence-corrected chi connectivity index (χ1v) is 6.43. The van der Waals surface area contributed by atoms with Crippen molar-refractivity contribution in [1.29, 1.82) is 0 Å². The van der Waals surface area contributed by atoms with E-state index in [0.717, 1.165) is 5.56 Å². The number of methoxy groups -OCH3 is 1. The molecule has 5 nitrogen and oxygen atoms in total. The largest absolute Gasteiger partial charge is 0.480 e. The number of carbonyl (C=O) groups is 2. The van der Waals surface area contributed by atoms with Crippen LogP contribution >= 0.6 is 0 Å². The van der Waals surface area contributed by atoms with Gasteiger partial charge >= 0.3 is 11.9 Å². The molecule has 20 heavy (non-hydrogen) atoms. The summed E-state index contributed by atoms with van der Waals surface area (Å²) in [5.41, 5.74) is 1.73. The SMILES string of the molecule is COC(=O)/C=C1/CC[C@@H](C(=O)O)N1Cc1ccccc1. The lowest BCUT2D eigenvalue weighted by Crippen LogP contribution is -2.34. The highest BCUT2D eigenvalue weighted by atomic mass is 16.5. The van der Waals surface area contributed by atoms with Crippen LogP contribution in [0.3, 0.4) is 0 Å². The summed E-state index contributed by atoms with van der Waals surface area (Å²) in [7, 11) is 1.31. The van der Waals surface area contributed by atoms with Crippen LogP contribution in [0.2, 0.25) is 0 Å². The van der Waals surface area contributed by atoms with E-state index in [1.54, 1.807) is 4.90 Å². The summed E-state index contributed by atoms with van der Waals surface area (Å²) in [4.78, 5) is 24.4. The molecule has 106 valence electrons. The Morgan fingerprint density at radius 2 is 2.10 bits per heavy atom. The number of carbonyl (C=O) groups excluding carboxylic acids is 1. The van der Waals surface area contributed by atoms with Crippen molar-refractivity contribution in [3.8, 4) is 0 Å². The number of allylic oxidation sites excluding steroid dienone is 1. The van der Waals surface area contributed by atoms with Crippen LogP contribution in [0.4, 0.5) is 0 Å². The van der Waals surface area contributed by atoms with Gasteiger partial charge in [-0.2, -0.15) is 0 Å². The number of hydrogen-bond acceptors (Lipinski definition) is 4. The maximum absolute atomic E-state index is 11.4. The monoisotopic (exact) mass is 275 g/mol. The minimum absolute atomic E-state index is 0.455. The molecule has 1 N–H and O–H groups in total. The predicted molar refractivity (Wildman–Crippen MR) is 72.7 cm³/mol. The van der Waals surface area contributed by atoms with E-state index in [0.29, 0.717) is 25.1 Å². The zero-order valence-corrected chi connectivity index (χ0v) is 11.3. The number of likely N-dealkylation sites (tertiary alicyclic amines) is 1. The third kappa shape index (κ3) is 3.17. The number of esters is 1. The molecule has 0 bridgehead atoms. The number of rotatable bonds is 4. The summed E-state index contributed by atoms with van der Waals surface area (Å²) in [6, 6.07) is 9.01. The molecule has 0 unspecified atom stereocenters. The molecule has 0 aliphatic carbocycles. The number of nitrogens with zero attached hydrogens (tertiary/aromatic N) is 1. The van der Waals surface area contributed by atoms with Crippen LogP contribution in [-0.2, 0) is 20.9 Å². The van der Waals surface area contributed by atoms with Gasteiger partial charge in [-0.15, -0.1) is 0 Å². The summed E-state index contributed by atoms with van der Waals surface area (Å²) in [5, 5.41) is 9.29. The second-order valence-corrected chi connectivity index (χ2v) is 4.67. The maximum Gasteiger partial charge on any atom is 0.332 e. The average molecular weight is 275 g/mol. The molecule has 1 atom stereocenters. The number of hydrogen-bond donors (Lipinski definition) is 1. The smallest absolute Gasteiger partial charge is 0.332 e. The number of benzene rings is 1. The molecule has 1 heterocycles. The van der Waals surface area contributed by atoms with Gasteiger partial charge in [-0.3, -0.25) is 0 Å². The predicted octanol–water partition coefficient (Wildman–Crippen LogP) is 1.79. The molecule has 5 heteroatoms. The summed E-state index contributed by atoms with van der Waals surface area (Å²) in [5.74, 6) is -1.32. The first-order valence-electron chi connectivity index (χ1n) is 6.43. The fraction of sp³-hybridized carbons (Fsp3) is 0.333. The third-order valence-corrected chi connectivity index (χ3v) is 3.39. The summed E-state index contributed by atoms with van der Waals surface area (Å²) in [6.07, 6.45) is 2.45. The Hall–Kier alpha value is -2.30. The van der Waals surface area contributed by atoms with E-state index in [-0.39, 0.29) is 0 Å². The molecule has 1 aliphatic heterocycles. The van der Waals surface area contributed by atoms with E-state index in [2.05, 4.69) is 4.74 Å². The van der Waals surface area contributed by atoms with Crippen molar-refractivity contribution in [2.75, 3.05) is 7.11 Å². The average Bonchev–Trinajstić information content (AvgIpc) is 2.83. The molecule has 1 aliphatic rings. The van der Waals surface area contributed by atoms with Crippen LogP contribution in [0, 0.1) is 0 Å². The molecule has 0 saturated carbocycles. The van der Waals surface area contributed by atoms with Crippen LogP contribution < -0.4 is 0 Å². The van der Waals surface area contributed by atoms with Crippen molar-refractivity contribution in [3.63, 3.8) is 0 Å². The lowest BCUT2D eigenvalue weighted by molar-refractivity contribution is -0.142. The molecular formula is C15H17NO4. The van der Waals surface area contributed by atoms with E-state index in [4.69, 9.17) is 0 Å². The topological polar surface area (TPSA) is 66.8 Å². The van der Waals surface area contributed by atoms with E-state index in [9.17, 15) is 14.7 Å². The highest BCUT2D eigenvalue weighted by Gasteiger charge is 2.33. The molecular weight excluding hydrogens is 258 g/mol. The standard InChI is InChI=1S/C15H17NO4/c1-20-14(17)9-12-7-8-13(15(18)19)16(12)10-11-5-3-2-4-6-11/h2-6,9,13H,7-8,10H2,1H3,(H,18,19)/b12-9-/t13-/m0/s1. The molecule has 0 aromatic heterocycles. The van der Waals surface area contributed by atoms with Gasteiger partial charge in [0.05, 0.1) is 7.11 Å². The lowest BCUT2D eigenvalue weighted by atomic mass is 10.2. The number of carboxylic acids is 1. The zero-order chi connectivity index (χ0) is 14.5. The van der Waals surface area contributed by atoms with E-state index in [1.165, 1.54) is 13.2 Å². The van der Waals surface area contributed by atoms with Gasteiger partial charge in [-0.05, 0) is 18.4 Å². The Balaban J connectivity index is 2.23. The number of ether oxygens (including phenoxy) is 1. The van der Waals surface area contributed by atoms with Crippen molar-refractivity contribution in [3.05, 3.63) is 47.7 Å². The molecule has 0 spiro atoms. The molecule has 0 amide bonds. The van der Waals surface area contributed by atoms with Gasteiger partial charge < -0.3 is 14.7 Å². The van der Waals surface area contributed by atoms with Gasteiger partial charge in [-0.25, -0.2) is 9.59 Å². The minimum atomic E-state index is -0.866. The van der Waals surface area contributed by atoms with Gasteiger partial charge in [0.15, 0.2) is 0 Å². The fourth-order valence-corrected chi connectivity index (χ4v) is 2.38.